The number of carbonyl (C=O) groups excluding carboxylic acids is 2. The minimum absolute atomic E-state index is 0. The summed E-state index contributed by atoms with van der Waals surface area (Å²) in [7, 11) is 0. The highest BCUT2D eigenvalue weighted by molar-refractivity contribution is 5.26. The predicted octanol–water partition coefficient (Wildman–Crippen LogP) is 5.82. The van der Waals surface area contributed by atoms with Crippen molar-refractivity contribution in [2.75, 3.05) is 0 Å². The molecule has 4 heteroatoms. The molecule has 17 heavy (non-hydrogen) atoms. The number of rotatable bonds is 1. The van der Waals surface area contributed by atoms with E-state index in [1.165, 1.54) is 12.8 Å². The van der Waals surface area contributed by atoms with E-state index in [1.807, 2.05) is 13.8 Å². The van der Waals surface area contributed by atoms with E-state index in [0.717, 1.165) is 12.2 Å². The van der Waals surface area contributed by atoms with Crippen molar-refractivity contribution in [1.29, 1.82) is 10.8 Å². The van der Waals surface area contributed by atoms with Gasteiger partial charge in [0.1, 0.15) is 0 Å². The Morgan fingerprint density at radius 3 is 0.765 bits per heavy atom. The number of unbranched alkanes of at least 4 members (excludes halogenated alkanes) is 1. The molecule has 0 spiro atoms. The fourth-order valence-corrected chi connectivity index (χ4v) is 0. The van der Waals surface area contributed by atoms with Gasteiger partial charge in [0.15, 0.2) is 0 Å². The molecule has 4 nitrogen and oxygen atoms in total. The van der Waals surface area contributed by atoms with E-state index < -0.39 is 0 Å². The van der Waals surface area contributed by atoms with Crippen LogP contribution in [0.3, 0.4) is 0 Å². The highest BCUT2D eigenvalue weighted by Gasteiger charge is 1.56. The molecule has 0 amide bonds. The lowest BCUT2D eigenvalue weighted by Crippen LogP contribution is -1.47. The molecule has 0 radical (unpaired) electrons. The minimum atomic E-state index is 0. The van der Waals surface area contributed by atoms with Gasteiger partial charge in [0.05, 0.1) is 0 Å². The third-order valence-electron chi connectivity index (χ3n) is 0.500. The van der Waals surface area contributed by atoms with Crippen molar-refractivity contribution in [3.05, 3.63) is 0 Å². The van der Waals surface area contributed by atoms with E-state index in [2.05, 4.69) is 13.8 Å². The van der Waals surface area contributed by atoms with E-state index in [1.54, 1.807) is 0 Å². The largest absolute Gasteiger partial charge is 0.231 e. The Bertz CT molecular complexity index is 90.0. The summed E-state index contributed by atoms with van der Waals surface area (Å²) >= 11 is 0. The van der Waals surface area contributed by atoms with Crippen molar-refractivity contribution in [3.63, 3.8) is 0 Å². The van der Waals surface area contributed by atoms with Crippen LogP contribution in [0.1, 0.15) is 77.7 Å². The summed E-state index contributed by atoms with van der Waals surface area (Å²) in [5, 5.41) is 10.8. The second kappa shape index (κ2) is 367. The fourth-order valence-electron chi connectivity index (χ4n) is 0. The molecule has 0 aromatic heterocycles. The van der Waals surface area contributed by atoms with E-state index in [4.69, 9.17) is 20.4 Å². The molecule has 0 aromatic rings. The van der Waals surface area contributed by atoms with Crippen molar-refractivity contribution >= 4 is 12.2 Å². The van der Waals surface area contributed by atoms with Crippen LogP contribution in [0.25, 0.3) is 0 Å². The van der Waals surface area contributed by atoms with Gasteiger partial charge in [-0.3, -0.25) is 0 Å². The molecule has 112 valence electrons. The van der Waals surface area contributed by atoms with E-state index in [-0.39, 0.29) is 37.1 Å². The van der Waals surface area contributed by atoms with Crippen LogP contribution in [0.15, 0.2) is 0 Å². The van der Waals surface area contributed by atoms with Gasteiger partial charge in [0, 0.05) is 0 Å². The summed E-state index contributed by atoms with van der Waals surface area (Å²) in [5.74, 6) is 0. The lowest BCUT2D eigenvalue weighted by molar-refractivity contribution is 0.562. The van der Waals surface area contributed by atoms with Crippen LogP contribution in [0.4, 0.5) is 0 Å². The first kappa shape index (κ1) is 75.1. The number of nitrogens with one attached hydrogen (secondary N) is 2. The molecular formula is C13H38N2O2. The maximum absolute atomic E-state index is 8.35. The summed E-state index contributed by atoms with van der Waals surface area (Å²) < 4.78 is 0. The molecule has 0 aliphatic rings. The smallest absolute Gasteiger partial charge is 0.222 e. The molecular weight excluding hydrogens is 216 g/mol. The Morgan fingerprint density at radius 2 is 0.765 bits per heavy atom. The molecule has 0 fully saturated rings. The highest BCUT2D eigenvalue weighted by atomic mass is 16.1. The first-order chi connectivity index (χ1) is 5.74. The maximum Gasteiger partial charge on any atom is 0.231 e. The Kier molecular flexibility index (Phi) is 1620. The molecule has 0 atom stereocenters. The van der Waals surface area contributed by atoms with E-state index in [0.29, 0.717) is 0 Å². The van der Waals surface area contributed by atoms with Crippen molar-refractivity contribution in [2.24, 2.45) is 0 Å². The second-order valence-corrected chi connectivity index (χ2v) is 1.20. The summed E-state index contributed by atoms with van der Waals surface area (Å²) in [6, 6.07) is 0. The molecule has 0 saturated heterocycles. The zero-order valence-corrected chi connectivity index (χ0v) is 8.23. The average Bonchev–Trinajstić information content (AvgIpc) is 2.10. The standard InChI is InChI=1S/C4H10.C2H6.2CHNO.5CH4/c1-3-4-2;1-2;2*2-1-3;;;;;/h3-4H2,1-2H3;1-2H3;2*2H;5*1H4. The molecule has 0 unspecified atom stereocenters. The molecule has 0 aliphatic heterocycles. The third-order valence-corrected chi connectivity index (χ3v) is 0.500. The van der Waals surface area contributed by atoms with Gasteiger partial charge in [0.2, 0.25) is 12.2 Å². The molecule has 0 bridgehead atoms. The lowest BCUT2D eigenvalue weighted by atomic mass is 10.4. The molecule has 2 N–H and O–H groups in total. The average molecular weight is 254 g/mol. The third kappa shape index (κ3) is 41700. The van der Waals surface area contributed by atoms with Gasteiger partial charge < -0.3 is 0 Å². The topological polar surface area (TPSA) is 81.8 Å². The van der Waals surface area contributed by atoms with E-state index >= 15 is 0 Å². The van der Waals surface area contributed by atoms with Crippen LogP contribution in [0.5, 0.6) is 0 Å². The van der Waals surface area contributed by atoms with Crippen molar-refractivity contribution in [2.45, 2.75) is 77.7 Å². The zero-order valence-electron chi connectivity index (χ0n) is 8.23. The summed E-state index contributed by atoms with van der Waals surface area (Å²) in [5.41, 5.74) is 0. The normalized spacial score (nSPS) is 3.06. The number of hydrogen-bond acceptors (Lipinski definition) is 4. The van der Waals surface area contributed by atoms with E-state index in [9.17, 15) is 0 Å². The Hall–Kier alpha value is -1.24. The summed E-state index contributed by atoms with van der Waals surface area (Å²) in [6.07, 6.45) is 4.14. The van der Waals surface area contributed by atoms with Gasteiger partial charge >= 0.3 is 0 Å². The fraction of sp³-hybridized carbons (Fsp3) is 0.846. The van der Waals surface area contributed by atoms with Crippen LogP contribution in [-0.2, 0) is 9.59 Å². The first-order valence-corrected chi connectivity index (χ1v) is 3.82. The van der Waals surface area contributed by atoms with Crippen molar-refractivity contribution in [3.8, 4) is 0 Å². The lowest BCUT2D eigenvalue weighted by Gasteiger charge is -1.68. The van der Waals surface area contributed by atoms with Crippen LogP contribution < -0.4 is 0 Å². The highest BCUT2D eigenvalue weighted by Crippen LogP contribution is 1.76. The second-order valence-electron chi connectivity index (χ2n) is 1.20. The zero-order chi connectivity index (χ0) is 10.8. The predicted molar refractivity (Wildman–Crippen MR) is 82.4 cm³/mol. The van der Waals surface area contributed by atoms with Crippen LogP contribution >= 0.6 is 0 Å². The molecule has 0 rings (SSSR count). The minimum Gasteiger partial charge on any atom is -0.222 e. The Morgan fingerprint density at radius 1 is 0.706 bits per heavy atom. The van der Waals surface area contributed by atoms with Crippen molar-refractivity contribution in [1.82, 2.24) is 0 Å². The monoisotopic (exact) mass is 254 g/mol. The summed E-state index contributed by atoms with van der Waals surface area (Å²) in [6.45, 7) is 8.36. The first-order valence-electron chi connectivity index (χ1n) is 3.82. The Balaban J connectivity index is -0.00000000666. The van der Waals surface area contributed by atoms with Crippen molar-refractivity contribution < 1.29 is 9.59 Å². The maximum atomic E-state index is 8.35. The van der Waals surface area contributed by atoms with Crippen LogP contribution in [-0.4, -0.2) is 12.2 Å². The summed E-state index contributed by atoms with van der Waals surface area (Å²) in [4.78, 5) is 16.7. The van der Waals surface area contributed by atoms with Gasteiger partial charge in [0.25, 0.3) is 0 Å². The van der Waals surface area contributed by atoms with Gasteiger partial charge in [-0.15, -0.1) is 0 Å². The van der Waals surface area contributed by atoms with Crippen LogP contribution in [0, 0.1) is 10.8 Å². The molecule has 0 aliphatic carbocycles. The molecule has 0 aromatic carbocycles. The Labute approximate surface area is 111 Å². The SMILES string of the molecule is C.C.C.C.C.CC.CCCC.N=C=O.N=C=O. The molecule has 0 saturated carbocycles. The number of isocyanates is 2. The van der Waals surface area contributed by atoms with Gasteiger partial charge in [-0.05, 0) is 0 Å². The molecule has 0 heterocycles. The quantitative estimate of drug-likeness (QED) is 0.457. The van der Waals surface area contributed by atoms with Crippen LogP contribution in [0.2, 0.25) is 0 Å². The number of hydrogen-bond donors (Lipinski definition) is 2. The van der Waals surface area contributed by atoms with Gasteiger partial charge in [-0.2, -0.15) is 0 Å². The van der Waals surface area contributed by atoms with Gasteiger partial charge in [-0.25, -0.2) is 20.4 Å². The van der Waals surface area contributed by atoms with Gasteiger partial charge in [-0.1, -0.05) is 77.7 Å².